The SMILES string of the molecule is CCOc1ccc(/C=C/C(=O)N(Cc2ccc(OC)cc2)C2CC2)cc1OC. The molecule has 0 N–H and O–H groups in total. The molecular formula is C23H27NO4. The second-order valence-corrected chi connectivity index (χ2v) is 6.72. The van der Waals surface area contributed by atoms with Gasteiger partial charge >= 0.3 is 0 Å². The predicted octanol–water partition coefficient (Wildman–Crippen LogP) is 4.31. The Morgan fingerprint density at radius 2 is 1.82 bits per heavy atom. The first kappa shape index (κ1) is 19.8. The van der Waals surface area contributed by atoms with Gasteiger partial charge in [-0.1, -0.05) is 18.2 Å². The standard InChI is InChI=1S/C23H27NO4/c1-4-28-21-13-7-17(15-22(21)27-3)8-14-23(25)24(19-9-10-19)16-18-5-11-20(26-2)12-6-18/h5-8,11-15,19H,4,9-10,16H2,1-3H3/b14-8+. The van der Waals surface area contributed by atoms with Crippen LogP contribution in [0.2, 0.25) is 0 Å². The molecule has 0 atom stereocenters. The van der Waals surface area contributed by atoms with Crippen molar-refractivity contribution in [2.75, 3.05) is 20.8 Å². The summed E-state index contributed by atoms with van der Waals surface area (Å²) in [7, 11) is 3.26. The van der Waals surface area contributed by atoms with Gasteiger partial charge in [-0.3, -0.25) is 4.79 Å². The van der Waals surface area contributed by atoms with E-state index in [1.807, 2.05) is 60.4 Å². The van der Waals surface area contributed by atoms with Gasteiger partial charge in [0.25, 0.3) is 0 Å². The van der Waals surface area contributed by atoms with Gasteiger partial charge in [0.2, 0.25) is 5.91 Å². The lowest BCUT2D eigenvalue weighted by Crippen LogP contribution is -2.31. The molecule has 3 rings (SSSR count). The zero-order valence-electron chi connectivity index (χ0n) is 16.7. The molecule has 5 nitrogen and oxygen atoms in total. The van der Waals surface area contributed by atoms with Gasteiger partial charge in [-0.2, -0.15) is 0 Å². The van der Waals surface area contributed by atoms with Gasteiger partial charge in [-0.25, -0.2) is 0 Å². The van der Waals surface area contributed by atoms with E-state index >= 15 is 0 Å². The maximum absolute atomic E-state index is 12.8. The molecule has 0 saturated heterocycles. The van der Waals surface area contributed by atoms with Gasteiger partial charge in [-0.15, -0.1) is 0 Å². The quantitative estimate of drug-likeness (QED) is 0.608. The molecule has 5 heteroatoms. The summed E-state index contributed by atoms with van der Waals surface area (Å²) in [5.74, 6) is 2.20. The lowest BCUT2D eigenvalue weighted by Gasteiger charge is -2.21. The number of carbonyl (C=O) groups is 1. The van der Waals surface area contributed by atoms with Crippen LogP contribution in [0.3, 0.4) is 0 Å². The van der Waals surface area contributed by atoms with Crippen molar-refractivity contribution in [2.45, 2.75) is 32.4 Å². The van der Waals surface area contributed by atoms with Crippen molar-refractivity contribution in [2.24, 2.45) is 0 Å². The molecular weight excluding hydrogens is 354 g/mol. The number of hydrogen-bond donors (Lipinski definition) is 0. The molecule has 1 amide bonds. The number of methoxy groups -OCH3 is 2. The molecule has 0 spiro atoms. The van der Waals surface area contributed by atoms with E-state index in [9.17, 15) is 4.79 Å². The Kier molecular flexibility index (Phi) is 6.58. The van der Waals surface area contributed by atoms with Gasteiger partial charge in [0.05, 0.1) is 20.8 Å². The van der Waals surface area contributed by atoms with E-state index in [1.165, 1.54) is 0 Å². The molecule has 0 unspecified atom stereocenters. The second-order valence-electron chi connectivity index (χ2n) is 6.72. The molecule has 1 saturated carbocycles. The van der Waals surface area contributed by atoms with Crippen LogP contribution in [0.5, 0.6) is 17.2 Å². The van der Waals surface area contributed by atoms with Crippen molar-refractivity contribution in [3.05, 3.63) is 59.7 Å². The van der Waals surface area contributed by atoms with Crippen molar-refractivity contribution in [3.63, 3.8) is 0 Å². The van der Waals surface area contributed by atoms with Crippen LogP contribution in [-0.4, -0.2) is 37.7 Å². The minimum absolute atomic E-state index is 0.0196. The summed E-state index contributed by atoms with van der Waals surface area (Å²) in [5, 5.41) is 0. The fourth-order valence-corrected chi connectivity index (χ4v) is 3.03. The van der Waals surface area contributed by atoms with Crippen LogP contribution in [-0.2, 0) is 11.3 Å². The van der Waals surface area contributed by atoms with Gasteiger partial charge < -0.3 is 19.1 Å². The normalized spacial score (nSPS) is 13.4. The third kappa shape index (κ3) is 5.06. The van der Waals surface area contributed by atoms with E-state index in [0.29, 0.717) is 30.7 Å². The average molecular weight is 381 g/mol. The maximum atomic E-state index is 12.8. The Morgan fingerprint density at radius 1 is 1.07 bits per heavy atom. The number of amides is 1. The number of rotatable bonds is 9. The van der Waals surface area contributed by atoms with E-state index in [4.69, 9.17) is 14.2 Å². The molecule has 148 valence electrons. The zero-order chi connectivity index (χ0) is 19.9. The molecule has 0 bridgehead atoms. The molecule has 0 radical (unpaired) electrons. The predicted molar refractivity (Wildman–Crippen MR) is 110 cm³/mol. The highest BCUT2D eigenvalue weighted by molar-refractivity contribution is 5.92. The largest absolute Gasteiger partial charge is 0.497 e. The van der Waals surface area contributed by atoms with Crippen molar-refractivity contribution in [3.8, 4) is 17.2 Å². The molecule has 2 aromatic carbocycles. The average Bonchev–Trinajstić information content (AvgIpc) is 3.56. The van der Waals surface area contributed by atoms with Crippen molar-refractivity contribution < 1.29 is 19.0 Å². The summed E-state index contributed by atoms with van der Waals surface area (Å²) in [6, 6.07) is 13.8. The Labute approximate surface area is 166 Å². The van der Waals surface area contributed by atoms with Crippen LogP contribution in [0.4, 0.5) is 0 Å². The lowest BCUT2D eigenvalue weighted by molar-refractivity contribution is -0.127. The molecule has 2 aromatic rings. The van der Waals surface area contributed by atoms with Crippen molar-refractivity contribution >= 4 is 12.0 Å². The minimum Gasteiger partial charge on any atom is -0.497 e. The van der Waals surface area contributed by atoms with Crippen LogP contribution in [0.15, 0.2) is 48.5 Å². The van der Waals surface area contributed by atoms with E-state index < -0.39 is 0 Å². The van der Waals surface area contributed by atoms with Gasteiger partial charge in [0.15, 0.2) is 11.5 Å². The molecule has 1 aliphatic carbocycles. The Bertz CT molecular complexity index is 825. The molecule has 0 aliphatic heterocycles. The van der Waals surface area contributed by atoms with Crippen LogP contribution < -0.4 is 14.2 Å². The topological polar surface area (TPSA) is 48.0 Å². The third-order valence-electron chi connectivity index (χ3n) is 4.69. The number of carbonyl (C=O) groups excluding carboxylic acids is 1. The highest BCUT2D eigenvalue weighted by atomic mass is 16.5. The fraction of sp³-hybridized carbons (Fsp3) is 0.348. The number of benzene rings is 2. The van der Waals surface area contributed by atoms with Crippen molar-refractivity contribution in [1.29, 1.82) is 0 Å². The van der Waals surface area contributed by atoms with Gasteiger partial charge in [0.1, 0.15) is 5.75 Å². The zero-order valence-corrected chi connectivity index (χ0v) is 16.7. The first-order valence-electron chi connectivity index (χ1n) is 9.57. The summed E-state index contributed by atoms with van der Waals surface area (Å²) in [6.45, 7) is 3.11. The van der Waals surface area contributed by atoms with Gasteiger partial charge in [0, 0.05) is 18.7 Å². The van der Waals surface area contributed by atoms with Crippen LogP contribution in [0, 0.1) is 0 Å². The first-order valence-corrected chi connectivity index (χ1v) is 9.57. The summed E-state index contributed by atoms with van der Waals surface area (Å²) in [6.07, 6.45) is 5.58. The summed E-state index contributed by atoms with van der Waals surface area (Å²) < 4.78 is 16.1. The van der Waals surface area contributed by atoms with Crippen LogP contribution in [0.25, 0.3) is 6.08 Å². The minimum atomic E-state index is 0.0196. The number of hydrogen-bond acceptors (Lipinski definition) is 4. The first-order chi connectivity index (χ1) is 13.6. The second kappa shape index (κ2) is 9.31. The van der Waals surface area contributed by atoms with E-state index in [2.05, 4.69) is 0 Å². The smallest absolute Gasteiger partial charge is 0.247 e. The molecule has 1 fully saturated rings. The van der Waals surface area contributed by atoms with Crippen LogP contribution >= 0.6 is 0 Å². The third-order valence-corrected chi connectivity index (χ3v) is 4.69. The van der Waals surface area contributed by atoms with Crippen LogP contribution in [0.1, 0.15) is 30.9 Å². The van der Waals surface area contributed by atoms with E-state index in [0.717, 1.165) is 29.7 Å². The fourth-order valence-electron chi connectivity index (χ4n) is 3.03. The Hall–Kier alpha value is -2.95. The molecule has 0 aromatic heterocycles. The summed E-state index contributed by atoms with van der Waals surface area (Å²) >= 11 is 0. The molecule has 28 heavy (non-hydrogen) atoms. The van der Waals surface area contributed by atoms with E-state index in [1.54, 1.807) is 20.3 Å². The van der Waals surface area contributed by atoms with E-state index in [-0.39, 0.29) is 5.91 Å². The molecule has 0 heterocycles. The highest BCUT2D eigenvalue weighted by Crippen LogP contribution is 2.30. The Morgan fingerprint density at radius 3 is 2.43 bits per heavy atom. The molecule has 1 aliphatic rings. The summed E-state index contributed by atoms with van der Waals surface area (Å²) in [5.41, 5.74) is 1.99. The van der Waals surface area contributed by atoms with Gasteiger partial charge in [-0.05, 0) is 61.2 Å². The van der Waals surface area contributed by atoms with Crippen molar-refractivity contribution in [1.82, 2.24) is 4.90 Å². The number of ether oxygens (including phenoxy) is 3. The Balaban J connectivity index is 1.70. The lowest BCUT2D eigenvalue weighted by atomic mass is 10.1. The highest BCUT2D eigenvalue weighted by Gasteiger charge is 2.31. The number of nitrogens with zero attached hydrogens (tertiary/aromatic N) is 1. The summed E-state index contributed by atoms with van der Waals surface area (Å²) in [4.78, 5) is 14.7. The monoisotopic (exact) mass is 381 g/mol. The maximum Gasteiger partial charge on any atom is 0.247 e.